The van der Waals surface area contributed by atoms with Gasteiger partial charge in [0, 0.05) is 41.8 Å². The monoisotopic (exact) mass is 354 g/mol. The molecule has 0 radical (unpaired) electrons. The molecule has 128 valence electrons. The number of fused-ring (bicyclic) bond motifs is 1. The highest BCUT2D eigenvalue weighted by Gasteiger charge is 2.21. The van der Waals surface area contributed by atoms with Crippen LogP contribution in [-0.2, 0) is 6.54 Å². The van der Waals surface area contributed by atoms with Crippen molar-refractivity contribution in [2.75, 3.05) is 6.61 Å². The number of halogens is 1. The van der Waals surface area contributed by atoms with Crippen LogP contribution in [0.25, 0.3) is 11.3 Å². The van der Waals surface area contributed by atoms with Crippen LogP contribution in [0, 0.1) is 0 Å². The quantitative estimate of drug-likeness (QED) is 0.739. The molecule has 25 heavy (non-hydrogen) atoms. The first kappa shape index (κ1) is 16.1. The molecular weight excluding hydrogens is 336 g/mol. The number of hydrogen-bond acceptors (Lipinski definition) is 4. The van der Waals surface area contributed by atoms with Gasteiger partial charge in [-0.3, -0.25) is 10.1 Å². The molecule has 2 aromatic heterocycles. The molecule has 3 aromatic rings. The zero-order chi connectivity index (χ0) is 17.1. The Morgan fingerprint density at radius 1 is 1.24 bits per heavy atom. The maximum Gasteiger partial charge on any atom is 0.142 e. The molecule has 1 aliphatic rings. The first-order valence-corrected chi connectivity index (χ1v) is 8.78. The van der Waals surface area contributed by atoms with Crippen LogP contribution in [-0.4, -0.2) is 21.8 Å². The summed E-state index contributed by atoms with van der Waals surface area (Å²) in [6.45, 7) is 1.40. The Labute approximate surface area is 151 Å². The third-order valence-electron chi connectivity index (χ3n) is 4.40. The van der Waals surface area contributed by atoms with Crippen LogP contribution in [0.4, 0.5) is 0 Å². The molecule has 5 nitrogen and oxygen atoms in total. The SMILES string of the molecule is Clc1cccc2c1OCCCC2NCc1cc(-c2ccncc2)n[nH]1. The summed E-state index contributed by atoms with van der Waals surface area (Å²) in [6, 6.07) is 12.1. The topological polar surface area (TPSA) is 62.8 Å². The van der Waals surface area contributed by atoms with Gasteiger partial charge in [0.2, 0.25) is 0 Å². The predicted octanol–water partition coefficient (Wildman–Crippen LogP) is 4.13. The summed E-state index contributed by atoms with van der Waals surface area (Å²) in [5.74, 6) is 0.807. The Morgan fingerprint density at radius 3 is 3.00 bits per heavy atom. The number of aromatic nitrogens is 3. The van der Waals surface area contributed by atoms with Gasteiger partial charge in [-0.15, -0.1) is 0 Å². The summed E-state index contributed by atoms with van der Waals surface area (Å²) in [5.41, 5.74) is 4.14. The standard InChI is InChI=1S/C19H19ClN4O/c20-16-4-1-3-15-17(5-2-10-25-19(15)16)22-12-14-11-18(24-23-14)13-6-8-21-9-7-13/h1,3-4,6-9,11,17,22H,2,5,10,12H2,(H,23,24). The molecular formula is C19H19ClN4O. The van der Waals surface area contributed by atoms with Crippen molar-refractivity contribution in [2.24, 2.45) is 0 Å². The van der Waals surface area contributed by atoms with Crippen molar-refractivity contribution in [1.82, 2.24) is 20.5 Å². The summed E-state index contributed by atoms with van der Waals surface area (Å²) >= 11 is 6.29. The van der Waals surface area contributed by atoms with Crippen LogP contribution < -0.4 is 10.1 Å². The molecule has 0 fully saturated rings. The van der Waals surface area contributed by atoms with E-state index in [1.807, 2.05) is 24.3 Å². The lowest BCUT2D eigenvalue weighted by atomic mass is 10.0. The van der Waals surface area contributed by atoms with E-state index in [9.17, 15) is 0 Å². The fraction of sp³-hybridized carbons (Fsp3) is 0.263. The number of H-pyrrole nitrogens is 1. The zero-order valence-electron chi connectivity index (χ0n) is 13.7. The second-order valence-electron chi connectivity index (χ2n) is 6.10. The molecule has 0 aliphatic carbocycles. The van der Waals surface area contributed by atoms with Crippen LogP contribution in [0.1, 0.15) is 30.1 Å². The first-order chi connectivity index (χ1) is 12.3. The van der Waals surface area contributed by atoms with Gasteiger partial charge >= 0.3 is 0 Å². The molecule has 1 aromatic carbocycles. The van der Waals surface area contributed by atoms with Crippen LogP contribution in [0.15, 0.2) is 48.8 Å². The Kier molecular flexibility index (Phi) is 4.68. The number of pyridine rings is 1. The normalized spacial score (nSPS) is 16.8. The molecule has 3 heterocycles. The second kappa shape index (κ2) is 7.25. The van der Waals surface area contributed by atoms with Gasteiger partial charge in [-0.1, -0.05) is 23.7 Å². The average Bonchev–Trinajstić information content (AvgIpc) is 3.02. The van der Waals surface area contributed by atoms with E-state index in [1.54, 1.807) is 12.4 Å². The number of aromatic amines is 1. The molecule has 0 amide bonds. The number of rotatable bonds is 4. The highest BCUT2D eigenvalue weighted by Crippen LogP contribution is 2.37. The summed E-state index contributed by atoms with van der Waals surface area (Å²) in [4.78, 5) is 4.04. The van der Waals surface area contributed by atoms with Gasteiger partial charge in [0.1, 0.15) is 5.75 Å². The summed E-state index contributed by atoms with van der Waals surface area (Å²) < 4.78 is 5.83. The van der Waals surface area contributed by atoms with Gasteiger partial charge in [0.25, 0.3) is 0 Å². The minimum atomic E-state index is 0.212. The number of nitrogens with one attached hydrogen (secondary N) is 2. The van der Waals surface area contributed by atoms with Crippen LogP contribution >= 0.6 is 11.6 Å². The predicted molar refractivity (Wildman–Crippen MR) is 97.6 cm³/mol. The van der Waals surface area contributed by atoms with E-state index in [1.165, 1.54) is 0 Å². The number of ether oxygens (including phenoxy) is 1. The van der Waals surface area contributed by atoms with Gasteiger partial charge < -0.3 is 10.1 Å². The van der Waals surface area contributed by atoms with Gasteiger partial charge in [-0.05, 0) is 37.1 Å². The molecule has 4 rings (SSSR count). The van der Waals surface area contributed by atoms with E-state index < -0.39 is 0 Å². The Morgan fingerprint density at radius 2 is 2.12 bits per heavy atom. The Balaban J connectivity index is 1.49. The fourth-order valence-corrected chi connectivity index (χ4v) is 3.37. The molecule has 2 N–H and O–H groups in total. The van der Waals surface area contributed by atoms with Crippen molar-refractivity contribution in [3.8, 4) is 17.0 Å². The summed E-state index contributed by atoms with van der Waals surface area (Å²) in [7, 11) is 0. The number of hydrogen-bond donors (Lipinski definition) is 2. The Hall–Kier alpha value is -2.37. The molecule has 0 saturated carbocycles. The molecule has 1 unspecified atom stereocenters. The van der Waals surface area contributed by atoms with E-state index >= 15 is 0 Å². The van der Waals surface area contributed by atoms with E-state index in [0.29, 0.717) is 18.2 Å². The van der Waals surface area contributed by atoms with Crippen LogP contribution in [0.2, 0.25) is 5.02 Å². The number of nitrogens with zero attached hydrogens (tertiary/aromatic N) is 2. The van der Waals surface area contributed by atoms with Gasteiger partial charge in [0.15, 0.2) is 0 Å². The van der Waals surface area contributed by atoms with Crippen LogP contribution in [0.5, 0.6) is 5.75 Å². The highest BCUT2D eigenvalue weighted by atomic mass is 35.5. The lowest BCUT2D eigenvalue weighted by molar-refractivity contribution is 0.315. The third kappa shape index (κ3) is 3.52. The minimum Gasteiger partial charge on any atom is -0.492 e. The van der Waals surface area contributed by atoms with E-state index in [-0.39, 0.29) is 6.04 Å². The molecule has 6 heteroatoms. The zero-order valence-corrected chi connectivity index (χ0v) is 14.5. The summed E-state index contributed by atoms with van der Waals surface area (Å²) in [5, 5.41) is 11.8. The summed E-state index contributed by atoms with van der Waals surface area (Å²) in [6.07, 6.45) is 5.55. The maximum absolute atomic E-state index is 6.29. The maximum atomic E-state index is 6.29. The second-order valence-corrected chi connectivity index (χ2v) is 6.50. The lowest BCUT2D eigenvalue weighted by Gasteiger charge is -2.18. The van der Waals surface area contributed by atoms with Crippen molar-refractivity contribution in [3.05, 3.63) is 65.1 Å². The molecule has 0 bridgehead atoms. The molecule has 1 atom stereocenters. The molecule has 1 aliphatic heterocycles. The number of benzene rings is 1. The van der Waals surface area contributed by atoms with E-state index in [0.717, 1.165) is 41.1 Å². The smallest absolute Gasteiger partial charge is 0.142 e. The third-order valence-corrected chi connectivity index (χ3v) is 4.70. The van der Waals surface area contributed by atoms with Crippen molar-refractivity contribution in [2.45, 2.75) is 25.4 Å². The van der Waals surface area contributed by atoms with Crippen molar-refractivity contribution >= 4 is 11.6 Å². The van der Waals surface area contributed by atoms with Crippen molar-refractivity contribution in [3.63, 3.8) is 0 Å². The van der Waals surface area contributed by atoms with Gasteiger partial charge in [0.05, 0.1) is 17.3 Å². The van der Waals surface area contributed by atoms with Crippen molar-refractivity contribution < 1.29 is 4.74 Å². The van der Waals surface area contributed by atoms with E-state index in [4.69, 9.17) is 16.3 Å². The van der Waals surface area contributed by atoms with Gasteiger partial charge in [-0.2, -0.15) is 5.10 Å². The molecule has 0 saturated heterocycles. The molecule has 0 spiro atoms. The minimum absolute atomic E-state index is 0.212. The van der Waals surface area contributed by atoms with Crippen molar-refractivity contribution in [1.29, 1.82) is 0 Å². The largest absolute Gasteiger partial charge is 0.492 e. The highest BCUT2D eigenvalue weighted by molar-refractivity contribution is 6.32. The van der Waals surface area contributed by atoms with Crippen LogP contribution in [0.3, 0.4) is 0 Å². The van der Waals surface area contributed by atoms with Gasteiger partial charge in [-0.25, -0.2) is 0 Å². The van der Waals surface area contributed by atoms with E-state index in [2.05, 4.69) is 32.6 Å². The first-order valence-electron chi connectivity index (χ1n) is 8.40. The number of para-hydroxylation sites is 1. The lowest BCUT2D eigenvalue weighted by Crippen LogP contribution is -2.20. The fourth-order valence-electron chi connectivity index (χ4n) is 3.14. The Bertz CT molecular complexity index is 850. The average molecular weight is 355 g/mol.